The highest BCUT2D eigenvalue weighted by Crippen LogP contribution is 2.30. The molecule has 0 heterocycles. The van der Waals surface area contributed by atoms with Crippen LogP contribution in [0.1, 0.15) is 50.2 Å². The van der Waals surface area contributed by atoms with Crippen molar-refractivity contribution >= 4 is 19.7 Å². The number of sulfone groups is 2. The van der Waals surface area contributed by atoms with E-state index in [0.717, 1.165) is 30.4 Å². The second-order valence-corrected chi connectivity index (χ2v) is 11.6. The van der Waals surface area contributed by atoms with Crippen LogP contribution in [0.15, 0.2) is 58.3 Å². The quantitative estimate of drug-likeness (QED) is 0.556. The molecule has 148 valence electrons. The maximum atomic E-state index is 13.2. The number of hydrogen-bond acceptors (Lipinski definition) is 4. The Bertz CT molecular complexity index is 867. The lowest BCUT2D eigenvalue weighted by Gasteiger charge is -2.19. The topological polar surface area (TPSA) is 68.3 Å². The molecular weight excluding hydrogens is 380 g/mol. The van der Waals surface area contributed by atoms with E-state index in [9.17, 15) is 16.8 Å². The molecule has 0 aliphatic rings. The van der Waals surface area contributed by atoms with Gasteiger partial charge in [-0.15, -0.1) is 0 Å². The number of aryl methyl sites for hydroxylation is 2. The normalized spacial score (nSPS) is 12.4. The predicted molar refractivity (Wildman–Crippen MR) is 109 cm³/mol. The first-order valence-electron chi connectivity index (χ1n) is 9.30. The fourth-order valence-electron chi connectivity index (χ4n) is 2.97. The van der Waals surface area contributed by atoms with Crippen LogP contribution in [0.25, 0.3) is 0 Å². The summed E-state index contributed by atoms with van der Waals surface area (Å²) in [6.07, 6.45) is 3.45. The van der Waals surface area contributed by atoms with Crippen LogP contribution in [0, 0.1) is 13.8 Å². The van der Waals surface area contributed by atoms with Gasteiger partial charge in [0.05, 0.1) is 9.79 Å². The fraction of sp³-hybridized carbons (Fsp3) is 0.429. The van der Waals surface area contributed by atoms with E-state index in [1.807, 2.05) is 13.8 Å². The van der Waals surface area contributed by atoms with E-state index in [1.165, 1.54) is 24.3 Å². The van der Waals surface area contributed by atoms with Crippen molar-refractivity contribution in [3.63, 3.8) is 0 Å². The smallest absolute Gasteiger partial charge is 0.195 e. The third kappa shape index (κ3) is 5.20. The fourth-order valence-corrected chi connectivity index (χ4v) is 7.57. The van der Waals surface area contributed by atoms with Crippen LogP contribution in [0.5, 0.6) is 0 Å². The molecule has 4 nitrogen and oxygen atoms in total. The van der Waals surface area contributed by atoms with Gasteiger partial charge < -0.3 is 0 Å². The van der Waals surface area contributed by atoms with Crippen molar-refractivity contribution in [1.29, 1.82) is 0 Å². The third-order valence-corrected chi connectivity index (χ3v) is 9.92. The van der Waals surface area contributed by atoms with E-state index in [0.29, 0.717) is 6.42 Å². The molecule has 0 unspecified atom stereocenters. The summed E-state index contributed by atoms with van der Waals surface area (Å²) in [7, 11) is -8.02. The Morgan fingerprint density at radius 1 is 0.667 bits per heavy atom. The Kier molecular flexibility index (Phi) is 7.23. The zero-order valence-corrected chi connectivity index (χ0v) is 17.8. The van der Waals surface area contributed by atoms with Crippen molar-refractivity contribution in [2.75, 3.05) is 0 Å². The van der Waals surface area contributed by atoms with Crippen LogP contribution in [-0.4, -0.2) is 21.4 Å². The first-order chi connectivity index (χ1) is 12.7. The van der Waals surface area contributed by atoms with Crippen LogP contribution in [-0.2, 0) is 19.7 Å². The van der Waals surface area contributed by atoms with Crippen molar-refractivity contribution < 1.29 is 16.8 Å². The Morgan fingerprint density at radius 2 is 1.07 bits per heavy atom. The number of hydrogen-bond donors (Lipinski definition) is 0. The molecule has 2 aromatic rings. The summed E-state index contributed by atoms with van der Waals surface area (Å²) >= 11 is 0. The van der Waals surface area contributed by atoms with Gasteiger partial charge in [0.15, 0.2) is 24.3 Å². The summed E-state index contributed by atoms with van der Waals surface area (Å²) < 4.78 is 51.4. The maximum Gasteiger partial charge on any atom is 0.195 e. The molecule has 0 saturated heterocycles. The first kappa shape index (κ1) is 21.6. The van der Waals surface area contributed by atoms with Gasteiger partial charge in [0.2, 0.25) is 0 Å². The van der Waals surface area contributed by atoms with Gasteiger partial charge in [-0.3, -0.25) is 0 Å². The van der Waals surface area contributed by atoms with E-state index >= 15 is 0 Å². The summed E-state index contributed by atoms with van der Waals surface area (Å²) in [5.41, 5.74) is 1.85. The molecule has 0 aliphatic carbocycles. The van der Waals surface area contributed by atoms with Crippen LogP contribution in [0.2, 0.25) is 0 Å². The molecule has 27 heavy (non-hydrogen) atoms. The molecule has 0 amide bonds. The van der Waals surface area contributed by atoms with Crippen LogP contribution >= 0.6 is 0 Å². The third-order valence-electron chi connectivity index (χ3n) is 4.68. The zero-order valence-electron chi connectivity index (χ0n) is 16.2. The Labute approximate surface area is 163 Å². The lowest BCUT2D eigenvalue weighted by atomic mass is 10.2. The van der Waals surface area contributed by atoms with Crippen molar-refractivity contribution in [3.8, 4) is 0 Å². The zero-order chi connectivity index (χ0) is 20.1. The van der Waals surface area contributed by atoms with Crippen LogP contribution in [0.4, 0.5) is 0 Å². The minimum atomic E-state index is -4.01. The lowest BCUT2D eigenvalue weighted by Crippen LogP contribution is -2.31. The molecule has 0 radical (unpaired) electrons. The highest BCUT2D eigenvalue weighted by Gasteiger charge is 2.39. The molecule has 0 spiro atoms. The van der Waals surface area contributed by atoms with Gasteiger partial charge in [-0.1, -0.05) is 68.0 Å². The van der Waals surface area contributed by atoms with Gasteiger partial charge in [-0.05, 0) is 44.5 Å². The largest absolute Gasteiger partial charge is 0.222 e. The van der Waals surface area contributed by atoms with Gasteiger partial charge in [0.25, 0.3) is 0 Å². The van der Waals surface area contributed by atoms with Crippen molar-refractivity contribution in [1.82, 2.24) is 0 Å². The SMILES string of the molecule is CCCCCCC(S(=O)(=O)c1ccc(C)cc1)S(=O)(=O)c1ccc(C)cc1. The molecule has 0 bridgehead atoms. The molecule has 0 aromatic heterocycles. The van der Waals surface area contributed by atoms with Gasteiger partial charge in [0, 0.05) is 0 Å². The molecule has 0 atom stereocenters. The van der Waals surface area contributed by atoms with Gasteiger partial charge >= 0.3 is 0 Å². The van der Waals surface area contributed by atoms with E-state index in [4.69, 9.17) is 0 Å². The Morgan fingerprint density at radius 3 is 1.44 bits per heavy atom. The monoisotopic (exact) mass is 408 g/mol. The standard InChI is InChI=1S/C21H28O4S2/c1-4-5-6-7-8-21(26(22,23)19-13-9-17(2)10-14-19)27(24,25)20-15-11-18(3)12-16-20/h9-16,21H,4-8H2,1-3H3. The molecule has 0 saturated carbocycles. The molecule has 2 rings (SSSR count). The summed E-state index contributed by atoms with van der Waals surface area (Å²) in [5.74, 6) is 0. The van der Waals surface area contributed by atoms with E-state index < -0.39 is 24.3 Å². The van der Waals surface area contributed by atoms with Gasteiger partial charge in [-0.2, -0.15) is 0 Å². The second kappa shape index (κ2) is 9.02. The number of rotatable bonds is 9. The molecule has 6 heteroatoms. The summed E-state index contributed by atoms with van der Waals surface area (Å²) in [6.45, 7) is 5.78. The van der Waals surface area contributed by atoms with E-state index in [2.05, 4.69) is 6.92 Å². The lowest BCUT2D eigenvalue weighted by molar-refractivity contribution is 0.558. The summed E-state index contributed by atoms with van der Waals surface area (Å²) in [4.78, 5) is 0.119. The predicted octanol–water partition coefficient (Wildman–Crippen LogP) is 4.85. The van der Waals surface area contributed by atoms with Crippen molar-refractivity contribution in [2.45, 2.75) is 67.2 Å². The summed E-state index contributed by atoms with van der Waals surface area (Å²) in [5, 5.41) is 0. The Hall–Kier alpha value is -1.66. The molecule has 0 N–H and O–H groups in total. The number of unbranched alkanes of at least 4 members (excludes halogenated alkanes) is 3. The molecule has 2 aromatic carbocycles. The minimum Gasteiger partial charge on any atom is -0.222 e. The van der Waals surface area contributed by atoms with Crippen LogP contribution in [0.3, 0.4) is 0 Å². The van der Waals surface area contributed by atoms with E-state index in [1.54, 1.807) is 24.3 Å². The van der Waals surface area contributed by atoms with Crippen molar-refractivity contribution in [3.05, 3.63) is 59.7 Å². The van der Waals surface area contributed by atoms with Gasteiger partial charge in [-0.25, -0.2) is 16.8 Å². The number of benzene rings is 2. The molecule has 0 aliphatic heterocycles. The summed E-state index contributed by atoms with van der Waals surface area (Å²) in [6, 6.07) is 12.8. The van der Waals surface area contributed by atoms with Crippen molar-refractivity contribution in [2.24, 2.45) is 0 Å². The average Bonchev–Trinajstić information content (AvgIpc) is 2.62. The molecule has 0 fully saturated rings. The van der Waals surface area contributed by atoms with Gasteiger partial charge in [0.1, 0.15) is 0 Å². The van der Waals surface area contributed by atoms with E-state index in [-0.39, 0.29) is 16.2 Å². The highest BCUT2D eigenvalue weighted by atomic mass is 32.3. The average molecular weight is 409 g/mol. The molecular formula is C21H28O4S2. The maximum absolute atomic E-state index is 13.2. The Balaban J connectivity index is 2.46. The first-order valence-corrected chi connectivity index (χ1v) is 12.4. The highest BCUT2D eigenvalue weighted by molar-refractivity contribution is 8.09. The van der Waals surface area contributed by atoms with Crippen LogP contribution < -0.4 is 0 Å². The minimum absolute atomic E-state index is 0.0595. The second-order valence-electron chi connectivity index (χ2n) is 7.00.